The van der Waals surface area contributed by atoms with Crippen LogP contribution in [0.5, 0.6) is 0 Å². The lowest BCUT2D eigenvalue weighted by atomic mass is 9.87. The molecule has 1 atom stereocenters. The zero-order valence-electron chi connectivity index (χ0n) is 21.4. The van der Waals surface area contributed by atoms with Crippen LogP contribution in [-0.2, 0) is 26.8 Å². The second-order valence-electron chi connectivity index (χ2n) is 9.78. The molecule has 0 aliphatic rings. The SMILES string of the molecule is CCOP(=O)(O)Cc1nc(Nc2ccc(C(C)(C)C)cc2)c2ccc(-c3ncccc3C(F)(F)F)cc2n1. The number of halogens is 3. The number of rotatable bonds is 7. The fourth-order valence-electron chi connectivity index (χ4n) is 3.97. The molecule has 4 aromatic rings. The molecule has 0 aliphatic heterocycles. The molecule has 11 heteroatoms. The van der Waals surface area contributed by atoms with E-state index in [-0.39, 0.29) is 34.6 Å². The van der Waals surface area contributed by atoms with Gasteiger partial charge in [0.1, 0.15) is 17.8 Å². The van der Waals surface area contributed by atoms with Gasteiger partial charge in [0.2, 0.25) is 0 Å². The molecule has 0 amide bonds. The van der Waals surface area contributed by atoms with Gasteiger partial charge >= 0.3 is 13.8 Å². The molecule has 0 saturated heterocycles. The summed E-state index contributed by atoms with van der Waals surface area (Å²) in [6.07, 6.45) is -3.77. The molecule has 38 heavy (non-hydrogen) atoms. The first-order chi connectivity index (χ1) is 17.8. The molecule has 0 fully saturated rings. The smallest absolute Gasteiger partial charge is 0.340 e. The third kappa shape index (κ3) is 6.38. The van der Waals surface area contributed by atoms with Crippen molar-refractivity contribution in [3.8, 4) is 11.3 Å². The van der Waals surface area contributed by atoms with Gasteiger partial charge in [0, 0.05) is 22.8 Å². The zero-order valence-corrected chi connectivity index (χ0v) is 22.3. The van der Waals surface area contributed by atoms with Crippen molar-refractivity contribution < 1.29 is 27.2 Å². The van der Waals surface area contributed by atoms with E-state index in [1.807, 2.05) is 24.3 Å². The zero-order chi connectivity index (χ0) is 27.7. The van der Waals surface area contributed by atoms with Crippen molar-refractivity contribution >= 4 is 30.0 Å². The Balaban J connectivity index is 1.83. The predicted molar refractivity (Wildman–Crippen MR) is 141 cm³/mol. The van der Waals surface area contributed by atoms with Crippen LogP contribution < -0.4 is 5.32 Å². The molecule has 7 nitrogen and oxygen atoms in total. The van der Waals surface area contributed by atoms with Gasteiger partial charge in [0.25, 0.3) is 0 Å². The number of alkyl halides is 3. The maximum Gasteiger partial charge on any atom is 0.418 e. The molecule has 0 radical (unpaired) electrons. The molecule has 4 rings (SSSR count). The van der Waals surface area contributed by atoms with Crippen LogP contribution in [-0.4, -0.2) is 26.5 Å². The van der Waals surface area contributed by atoms with E-state index < -0.39 is 25.5 Å². The highest BCUT2D eigenvalue weighted by Gasteiger charge is 2.34. The number of aromatic nitrogens is 3. The quantitative estimate of drug-likeness (QED) is 0.233. The van der Waals surface area contributed by atoms with Crippen molar-refractivity contribution in [2.24, 2.45) is 0 Å². The lowest BCUT2D eigenvalue weighted by Gasteiger charge is -2.19. The highest BCUT2D eigenvalue weighted by Crippen LogP contribution is 2.45. The number of hydrogen-bond donors (Lipinski definition) is 2. The molecule has 2 aromatic heterocycles. The summed E-state index contributed by atoms with van der Waals surface area (Å²) < 4.78 is 58.3. The fourth-order valence-corrected chi connectivity index (χ4v) is 4.97. The molecule has 200 valence electrons. The van der Waals surface area contributed by atoms with Gasteiger partial charge in [0.05, 0.1) is 23.4 Å². The van der Waals surface area contributed by atoms with Crippen LogP contribution in [0.2, 0.25) is 0 Å². The fraction of sp³-hybridized carbons (Fsp3) is 0.296. The summed E-state index contributed by atoms with van der Waals surface area (Å²) in [7, 11) is -4.03. The molecular formula is C27H28F3N4O3P. The maximum atomic E-state index is 13.6. The topological polar surface area (TPSA) is 97.2 Å². The molecule has 0 bridgehead atoms. The van der Waals surface area contributed by atoms with Gasteiger partial charge in [0.15, 0.2) is 0 Å². The van der Waals surface area contributed by atoms with Gasteiger partial charge < -0.3 is 14.7 Å². The maximum absolute atomic E-state index is 13.6. The summed E-state index contributed by atoms with van der Waals surface area (Å²) in [5.74, 6) is 0.355. The molecular weight excluding hydrogens is 516 g/mol. The first-order valence-electron chi connectivity index (χ1n) is 11.9. The second kappa shape index (κ2) is 10.4. The van der Waals surface area contributed by atoms with E-state index in [4.69, 9.17) is 4.52 Å². The summed E-state index contributed by atoms with van der Waals surface area (Å²) in [4.78, 5) is 23.0. The molecule has 2 heterocycles. The van der Waals surface area contributed by atoms with Crippen LogP contribution >= 0.6 is 7.60 Å². The lowest BCUT2D eigenvalue weighted by molar-refractivity contribution is -0.137. The Hall–Kier alpha value is -3.33. The van der Waals surface area contributed by atoms with Gasteiger partial charge in [-0.25, -0.2) is 9.97 Å². The monoisotopic (exact) mass is 544 g/mol. The Morgan fingerprint density at radius 3 is 2.37 bits per heavy atom. The summed E-state index contributed by atoms with van der Waals surface area (Å²) in [6.45, 7) is 7.93. The first-order valence-corrected chi connectivity index (χ1v) is 13.7. The third-order valence-corrected chi connectivity index (χ3v) is 7.16. The largest absolute Gasteiger partial charge is 0.418 e. The van der Waals surface area contributed by atoms with Gasteiger partial charge in [-0.15, -0.1) is 0 Å². The van der Waals surface area contributed by atoms with Crippen LogP contribution in [0.4, 0.5) is 24.7 Å². The summed E-state index contributed by atoms with van der Waals surface area (Å²) in [5.41, 5.74) is 1.19. The van der Waals surface area contributed by atoms with E-state index in [9.17, 15) is 22.6 Å². The van der Waals surface area contributed by atoms with E-state index in [1.165, 1.54) is 24.4 Å². The van der Waals surface area contributed by atoms with Crippen molar-refractivity contribution in [1.82, 2.24) is 15.0 Å². The van der Waals surface area contributed by atoms with Crippen molar-refractivity contribution in [1.29, 1.82) is 0 Å². The summed E-state index contributed by atoms with van der Waals surface area (Å²) in [6, 6.07) is 14.6. The summed E-state index contributed by atoms with van der Waals surface area (Å²) >= 11 is 0. The van der Waals surface area contributed by atoms with E-state index in [0.29, 0.717) is 16.9 Å². The highest BCUT2D eigenvalue weighted by atomic mass is 31.2. The minimum Gasteiger partial charge on any atom is -0.340 e. The number of nitrogens with one attached hydrogen (secondary N) is 1. The van der Waals surface area contributed by atoms with Crippen LogP contribution in [0, 0.1) is 0 Å². The van der Waals surface area contributed by atoms with E-state index in [2.05, 4.69) is 41.0 Å². The third-order valence-electron chi connectivity index (χ3n) is 5.82. The Morgan fingerprint density at radius 1 is 1.03 bits per heavy atom. The number of benzene rings is 2. The van der Waals surface area contributed by atoms with E-state index >= 15 is 0 Å². The average Bonchev–Trinajstić information content (AvgIpc) is 2.82. The number of anilines is 2. The van der Waals surface area contributed by atoms with Crippen LogP contribution in [0.3, 0.4) is 0 Å². The standard InChI is InChI=1S/C27H28F3N4O3P/c1-5-37-38(35,36)16-23-33-22-15-17(24-21(27(28,29)30)7-6-14-31-24)8-13-20(22)25(34-23)32-19-11-9-18(10-12-19)26(2,3)4/h6-15H,5,16H2,1-4H3,(H,35,36)(H,32,33,34). The summed E-state index contributed by atoms with van der Waals surface area (Å²) in [5, 5.41) is 3.74. The molecule has 0 aliphatic carbocycles. The number of hydrogen-bond acceptors (Lipinski definition) is 6. The van der Waals surface area contributed by atoms with Crippen LogP contribution in [0.25, 0.3) is 22.2 Å². The van der Waals surface area contributed by atoms with Gasteiger partial charge in [-0.05, 0) is 54.3 Å². The Labute approximate surface area is 218 Å². The van der Waals surface area contributed by atoms with Crippen molar-refractivity contribution in [3.05, 3.63) is 77.7 Å². The van der Waals surface area contributed by atoms with E-state index in [0.717, 1.165) is 11.6 Å². The van der Waals surface area contributed by atoms with Crippen molar-refractivity contribution in [2.45, 2.75) is 45.4 Å². The van der Waals surface area contributed by atoms with Crippen molar-refractivity contribution in [2.75, 3.05) is 11.9 Å². The van der Waals surface area contributed by atoms with Crippen molar-refractivity contribution in [3.63, 3.8) is 0 Å². The van der Waals surface area contributed by atoms with Crippen LogP contribution in [0.1, 0.15) is 44.6 Å². The lowest BCUT2D eigenvalue weighted by Crippen LogP contribution is -2.10. The number of fused-ring (bicyclic) bond motifs is 1. The van der Waals surface area contributed by atoms with Gasteiger partial charge in [-0.3, -0.25) is 9.55 Å². The predicted octanol–water partition coefficient (Wildman–Crippen LogP) is 7.47. The van der Waals surface area contributed by atoms with Crippen LogP contribution in [0.15, 0.2) is 60.8 Å². The number of pyridine rings is 1. The second-order valence-corrected chi connectivity index (χ2v) is 11.6. The molecule has 2 aromatic carbocycles. The van der Waals surface area contributed by atoms with Gasteiger partial charge in [-0.1, -0.05) is 39.0 Å². The number of nitrogens with zero attached hydrogens (tertiary/aromatic N) is 3. The normalized spacial score (nSPS) is 13.9. The Morgan fingerprint density at radius 2 is 1.74 bits per heavy atom. The average molecular weight is 545 g/mol. The molecule has 0 saturated carbocycles. The van der Waals surface area contributed by atoms with E-state index in [1.54, 1.807) is 13.0 Å². The first kappa shape index (κ1) is 27.7. The van der Waals surface area contributed by atoms with Gasteiger partial charge in [-0.2, -0.15) is 13.2 Å². The minimum atomic E-state index is -4.59. The molecule has 1 unspecified atom stereocenters. The molecule has 0 spiro atoms. The Bertz CT molecular complexity index is 1500. The molecule has 2 N–H and O–H groups in total. The highest BCUT2D eigenvalue weighted by molar-refractivity contribution is 7.51. The minimum absolute atomic E-state index is 0.0137. The Kier molecular flexibility index (Phi) is 7.61.